The number of nitro groups is 1. The van der Waals surface area contributed by atoms with Crippen LogP contribution in [-0.2, 0) is 14.8 Å². The molecule has 0 bridgehead atoms. The predicted molar refractivity (Wildman–Crippen MR) is 82.7 cm³/mol. The first-order chi connectivity index (χ1) is 10.6. The SMILES string of the molecule is CC1(C)CC(COc2ccc([N+](=O)[O-])cc2S(N)(=O)=O)CCO1. The average molecular weight is 344 g/mol. The highest BCUT2D eigenvalue weighted by Crippen LogP contribution is 2.31. The summed E-state index contributed by atoms with van der Waals surface area (Å²) in [6.07, 6.45) is 1.59. The third-order valence-electron chi connectivity index (χ3n) is 3.72. The van der Waals surface area contributed by atoms with Crippen molar-refractivity contribution in [1.82, 2.24) is 0 Å². The Balaban J connectivity index is 2.18. The first kappa shape index (κ1) is 17.6. The van der Waals surface area contributed by atoms with Crippen LogP contribution in [0.4, 0.5) is 5.69 Å². The third kappa shape index (κ3) is 4.63. The van der Waals surface area contributed by atoms with E-state index in [4.69, 9.17) is 14.6 Å². The lowest BCUT2D eigenvalue weighted by atomic mass is 9.89. The van der Waals surface area contributed by atoms with Crippen LogP contribution in [0.25, 0.3) is 0 Å². The lowest BCUT2D eigenvalue weighted by Gasteiger charge is -2.35. The van der Waals surface area contributed by atoms with Crippen molar-refractivity contribution in [2.45, 2.75) is 37.2 Å². The normalized spacial score (nSPS) is 20.9. The molecule has 0 aliphatic carbocycles. The van der Waals surface area contributed by atoms with E-state index in [2.05, 4.69) is 0 Å². The van der Waals surface area contributed by atoms with Crippen LogP contribution in [0.2, 0.25) is 0 Å². The van der Waals surface area contributed by atoms with Gasteiger partial charge in [0.1, 0.15) is 10.6 Å². The van der Waals surface area contributed by atoms with Crippen LogP contribution in [0.15, 0.2) is 23.1 Å². The molecular weight excluding hydrogens is 324 g/mol. The Bertz CT molecular complexity index is 701. The van der Waals surface area contributed by atoms with Crippen molar-refractivity contribution in [3.63, 3.8) is 0 Å². The van der Waals surface area contributed by atoms with Crippen molar-refractivity contribution in [3.05, 3.63) is 28.3 Å². The van der Waals surface area contributed by atoms with Crippen molar-refractivity contribution in [1.29, 1.82) is 0 Å². The second kappa shape index (κ2) is 6.42. The molecule has 0 aromatic heterocycles. The molecule has 1 atom stereocenters. The maximum absolute atomic E-state index is 11.6. The van der Waals surface area contributed by atoms with E-state index in [9.17, 15) is 18.5 Å². The topological polar surface area (TPSA) is 122 Å². The molecule has 1 saturated heterocycles. The Hall–Kier alpha value is -1.71. The quantitative estimate of drug-likeness (QED) is 0.642. The summed E-state index contributed by atoms with van der Waals surface area (Å²) in [7, 11) is -4.12. The largest absolute Gasteiger partial charge is 0.492 e. The summed E-state index contributed by atoms with van der Waals surface area (Å²) < 4.78 is 34.5. The summed E-state index contributed by atoms with van der Waals surface area (Å²) in [4.78, 5) is 9.73. The molecule has 23 heavy (non-hydrogen) atoms. The van der Waals surface area contributed by atoms with Crippen LogP contribution in [-0.4, -0.2) is 32.2 Å². The molecule has 1 aromatic carbocycles. The van der Waals surface area contributed by atoms with Crippen LogP contribution in [0.5, 0.6) is 5.75 Å². The highest BCUT2D eigenvalue weighted by molar-refractivity contribution is 7.89. The molecule has 2 rings (SSSR count). The number of ether oxygens (including phenoxy) is 2. The number of nitrogens with two attached hydrogens (primary N) is 1. The fourth-order valence-electron chi connectivity index (χ4n) is 2.66. The number of sulfonamides is 1. The van der Waals surface area contributed by atoms with Gasteiger partial charge in [-0.3, -0.25) is 10.1 Å². The zero-order valence-corrected chi connectivity index (χ0v) is 13.8. The van der Waals surface area contributed by atoms with Crippen molar-refractivity contribution in [2.75, 3.05) is 13.2 Å². The lowest BCUT2D eigenvalue weighted by Crippen LogP contribution is -2.36. The predicted octanol–water partition coefficient (Wildman–Crippen LogP) is 1.83. The molecule has 1 fully saturated rings. The highest BCUT2D eigenvalue weighted by atomic mass is 32.2. The molecule has 1 aliphatic rings. The molecule has 0 saturated carbocycles. The van der Waals surface area contributed by atoms with Gasteiger partial charge in [0.25, 0.3) is 5.69 Å². The van der Waals surface area contributed by atoms with Crippen molar-refractivity contribution in [3.8, 4) is 5.75 Å². The Morgan fingerprint density at radius 3 is 2.74 bits per heavy atom. The number of rotatable bonds is 5. The maximum Gasteiger partial charge on any atom is 0.271 e. The van der Waals surface area contributed by atoms with Gasteiger partial charge in [0.2, 0.25) is 10.0 Å². The minimum atomic E-state index is -4.12. The van der Waals surface area contributed by atoms with Gasteiger partial charge in [0.05, 0.1) is 17.1 Å². The van der Waals surface area contributed by atoms with Gasteiger partial charge in [0.15, 0.2) is 0 Å². The third-order valence-corrected chi connectivity index (χ3v) is 4.65. The summed E-state index contributed by atoms with van der Waals surface area (Å²) in [6, 6.07) is 3.37. The minimum Gasteiger partial charge on any atom is -0.492 e. The van der Waals surface area contributed by atoms with Gasteiger partial charge in [0, 0.05) is 18.7 Å². The summed E-state index contributed by atoms with van der Waals surface area (Å²) in [5.74, 6) is 0.240. The standard InChI is InChI=1S/C14H20N2O6S/c1-14(2)8-10(5-6-22-14)9-21-12-4-3-11(16(17)18)7-13(12)23(15,19)20/h3-4,7,10H,5-6,8-9H2,1-2H3,(H2,15,19,20). The fourth-order valence-corrected chi connectivity index (χ4v) is 3.35. The van der Waals surface area contributed by atoms with Crippen molar-refractivity contribution >= 4 is 15.7 Å². The maximum atomic E-state index is 11.6. The van der Waals surface area contributed by atoms with Crippen molar-refractivity contribution < 1.29 is 22.8 Å². The minimum absolute atomic E-state index is 0.0300. The first-order valence-electron chi connectivity index (χ1n) is 7.16. The fraction of sp³-hybridized carbons (Fsp3) is 0.571. The molecule has 8 nitrogen and oxygen atoms in total. The van der Waals surface area contributed by atoms with Crippen LogP contribution in [0.3, 0.4) is 0 Å². The van der Waals surface area contributed by atoms with Gasteiger partial charge in [-0.15, -0.1) is 0 Å². The second-order valence-electron chi connectivity index (χ2n) is 6.21. The van der Waals surface area contributed by atoms with Gasteiger partial charge in [-0.25, -0.2) is 13.6 Å². The second-order valence-corrected chi connectivity index (χ2v) is 7.74. The number of nitrogens with zero attached hydrogens (tertiary/aromatic N) is 1. The molecule has 0 amide bonds. The van der Waals surface area contributed by atoms with E-state index in [-0.39, 0.29) is 27.9 Å². The molecule has 1 aromatic rings. The van der Waals surface area contributed by atoms with Crippen LogP contribution in [0.1, 0.15) is 26.7 Å². The Morgan fingerprint density at radius 1 is 1.48 bits per heavy atom. The van der Waals surface area contributed by atoms with E-state index in [1.165, 1.54) is 12.1 Å². The molecule has 0 spiro atoms. The first-order valence-corrected chi connectivity index (χ1v) is 8.71. The molecular formula is C14H20N2O6S. The molecule has 1 heterocycles. The molecule has 1 unspecified atom stereocenters. The van der Waals surface area contributed by atoms with E-state index in [1.54, 1.807) is 0 Å². The van der Waals surface area contributed by atoms with Crippen LogP contribution in [0, 0.1) is 16.0 Å². The monoisotopic (exact) mass is 344 g/mol. The summed E-state index contributed by atoms with van der Waals surface area (Å²) >= 11 is 0. The number of nitro benzene ring substituents is 1. The van der Waals surface area contributed by atoms with E-state index in [0.29, 0.717) is 13.2 Å². The molecule has 9 heteroatoms. The summed E-state index contributed by atoms with van der Waals surface area (Å²) in [5.41, 5.74) is -0.599. The molecule has 2 N–H and O–H groups in total. The van der Waals surface area contributed by atoms with E-state index in [0.717, 1.165) is 18.9 Å². The Kier molecular flexibility index (Phi) is 4.92. The molecule has 128 valence electrons. The number of primary sulfonamides is 1. The Morgan fingerprint density at radius 2 is 2.17 bits per heavy atom. The van der Waals surface area contributed by atoms with Gasteiger partial charge in [-0.05, 0) is 38.7 Å². The zero-order valence-electron chi connectivity index (χ0n) is 13.0. The van der Waals surface area contributed by atoms with Gasteiger partial charge < -0.3 is 9.47 Å². The molecule has 0 radical (unpaired) electrons. The van der Waals surface area contributed by atoms with Crippen LogP contribution >= 0.6 is 0 Å². The van der Waals surface area contributed by atoms with Gasteiger partial charge >= 0.3 is 0 Å². The number of non-ortho nitro benzene ring substituents is 1. The van der Waals surface area contributed by atoms with E-state index in [1.807, 2.05) is 13.8 Å². The number of hydrogen-bond acceptors (Lipinski definition) is 6. The van der Waals surface area contributed by atoms with Crippen LogP contribution < -0.4 is 9.88 Å². The van der Waals surface area contributed by atoms with Gasteiger partial charge in [-0.1, -0.05) is 0 Å². The molecule has 1 aliphatic heterocycles. The van der Waals surface area contributed by atoms with Gasteiger partial charge in [-0.2, -0.15) is 0 Å². The average Bonchev–Trinajstić information content (AvgIpc) is 2.42. The Labute approximate surface area is 134 Å². The number of hydrogen-bond donors (Lipinski definition) is 1. The smallest absolute Gasteiger partial charge is 0.271 e. The zero-order chi connectivity index (χ0) is 17.3. The summed E-state index contributed by atoms with van der Waals surface area (Å²) in [6.45, 7) is 4.89. The van der Waals surface area contributed by atoms with E-state index < -0.39 is 14.9 Å². The van der Waals surface area contributed by atoms with E-state index >= 15 is 0 Å². The van der Waals surface area contributed by atoms with Crippen molar-refractivity contribution in [2.24, 2.45) is 11.1 Å². The lowest BCUT2D eigenvalue weighted by molar-refractivity contribution is -0.385. The number of benzene rings is 1. The summed E-state index contributed by atoms with van der Waals surface area (Å²) in [5, 5.41) is 15.9. The highest BCUT2D eigenvalue weighted by Gasteiger charge is 2.29.